The molecule has 13 aromatic rings. The third-order valence-corrected chi connectivity index (χ3v) is 13.5. The third-order valence-electron chi connectivity index (χ3n) is 13.5. The van der Waals surface area contributed by atoms with Crippen molar-refractivity contribution in [2.75, 3.05) is 0 Å². The molecule has 0 saturated carbocycles. The van der Waals surface area contributed by atoms with E-state index in [1.54, 1.807) is 0 Å². The lowest BCUT2D eigenvalue weighted by atomic mass is 9.92. The normalized spacial score (nSPS) is 11.5. The maximum atomic E-state index is 6.77. The molecule has 0 bridgehead atoms. The Morgan fingerprint density at radius 1 is 0.176 bits per heavy atom. The fourth-order valence-corrected chi connectivity index (χ4v) is 10.0. The Morgan fingerprint density at radius 3 is 0.765 bits per heavy atom. The van der Waals surface area contributed by atoms with Crippen LogP contribution in [0.25, 0.3) is 133 Å². The van der Waals surface area contributed by atoms with Gasteiger partial charge in [0.05, 0.1) is 0 Å². The van der Waals surface area contributed by atoms with Crippen molar-refractivity contribution in [1.29, 1.82) is 0 Å². The van der Waals surface area contributed by atoms with Crippen LogP contribution in [0.3, 0.4) is 0 Å². The first-order valence-electron chi connectivity index (χ1n) is 23.2. The number of fused-ring (bicyclic) bond motifs is 6. The molecule has 13 rings (SSSR count). The van der Waals surface area contributed by atoms with Crippen LogP contribution in [0.5, 0.6) is 0 Å². The van der Waals surface area contributed by atoms with Crippen LogP contribution >= 0.6 is 0 Å². The highest BCUT2D eigenvalue weighted by Gasteiger charge is 2.19. The van der Waals surface area contributed by atoms with Gasteiger partial charge in [-0.2, -0.15) is 0 Å². The standard InChI is InChI=1S/C66H42O2/c1-5-15-43(16-6-1)51-35-52(44-17-7-2-8-18-44)38-55(37-51)47-27-31-49(32-28-47)57-23-13-25-59-61-41-62-60-26-14-24-58(66(60)68-64(62)42-63(61)67-65(57)59)50-33-29-48(30-34-50)56-39-53(45-19-9-3-10-20-45)36-54(40-56)46-21-11-4-12-22-46/h1-42H. The van der Waals surface area contributed by atoms with E-state index in [2.05, 4.69) is 255 Å². The van der Waals surface area contributed by atoms with Crippen LogP contribution in [0, 0.1) is 0 Å². The minimum Gasteiger partial charge on any atom is -0.455 e. The molecule has 0 N–H and O–H groups in total. The van der Waals surface area contributed by atoms with Gasteiger partial charge in [-0.25, -0.2) is 0 Å². The van der Waals surface area contributed by atoms with Gasteiger partial charge in [-0.3, -0.25) is 0 Å². The molecule has 0 radical (unpaired) electrons. The summed E-state index contributed by atoms with van der Waals surface area (Å²) in [7, 11) is 0. The molecule has 0 atom stereocenters. The summed E-state index contributed by atoms with van der Waals surface area (Å²) in [5.74, 6) is 0. The van der Waals surface area contributed by atoms with Crippen molar-refractivity contribution in [2.24, 2.45) is 0 Å². The number of furan rings is 2. The summed E-state index contributed by atoms with van der Waals surface area (Å²) in [5, 5.41) is 4.31. The van der Waals surface area contributed by atoms with Crippen molar-refractivity contribution in [3.63, 3.8) is 0 Å². The topological polar surface area (TPSA) is 26.3 Å². The van der Waals surface area contributed by atoms with Crippen molar-refractivity contribution in [1.82, 2.24) is 0 Å². The molecule has 0 amide bonds. The predicted molar refractivity (Wildman–Crippen MR) is 284 cm³/mol. The summed E-state index contributed by atoms with van der Waals surface area (Å²) in [4.78, 5) is 0. The number of hydrogen-bond donors (Lipinski definition) is 0. The second-order valence-corrected chi connectivity index (χ2v) is 17.6. The molecular formula is C66H42O2. The number of benzene rings is 11. The lowest BCUT2D eigenvalue weighted by Gasteiger charge is -2.12. The maximum Gasteiger partial charge on any atom is 0.143 e. The van der Waals surface area contributed by atoms with Gasteiger partial charge in [-0.1, -0.05) is 206 Å². The molecule has 11 aromatic carbocycles. The van der Waals surface area contributed by atoms with Crippen molar-refractivity contribution in [3.05, 3.63) is 255 Å². The van der Waals surface area contributed by atoms with Crippen molar-refractivity contribution in [2.45, 2.75) is 0 Å². The molecule has 0 aliphatic rings. The van der Waals surface area contributed by atoms with Crippen LogP contribution in [-0.2, 0) is 0 Å². The van der Waals surface area contributed by atoms with Gasteiger partial charge in [-0.05, 0) is 120 Å². The second-order valence-electron chi connectivity index (χ2n) is 17.6. The fourth-order valence-electron chi connectivity index (χ4n) is 10.0. The first-order chi connectivity index (χ1) is 33.7. The minimum absolute atomic E-state index is 0.806. The lowest BCUT2D eigenvalue weighted by Crippen LogP contribution is -1.86. The maximum absolute atomic E-state index is 6.77. The molecule has 0 unspecified atom stereocenters. The van der Waals surface area contributed by atoms with E-state index in [0.29, 0.717) is 0 Å². The van der Waals surface area contributed by atoms with E-state index >= 15 is 0 Å². The van der Waals surface area contributed by atoms with Gasteiger partial charge in [0.25, 0.3) is 0 Å². The van der Waals surface area contributed by atoms with Gasteiger partial charge in [0.2, 0.25) is 0 Å². The van der Waals surface area contributed by atoms with Gasteiger partial charge in [-0.15, -0.1) is 0 Å². The average molecular weight is 867 g/mol. The molecule has 0 aliphatic carbocycles. The molecule has 0 aliphatic heterocycles. The van der Waals surface area contributed by atoms with E-state index in [4.69, 9.17) is 8.83 Å². The zero-order valence-corrected chi connectivity index (χ0v) is 37.1. The zero-order chi connectivity index (χ0) is 45.0. The summed E-state index contributed by atoms with van der Waals surface area (Å²) in [6.45, 7) is 0. The molecule has 0 fully saturated rings. The largest absolute Gasteiger partial charge is 0.455 e. The first kappa shape index (κ1) is 39.4. The number of para-hydroxylation sites is 2. The Balaban J connectivity index is 0.836. The Hall–Kier alpha value is -8.98. The van der Waals surface area contributed by atoms with Crippen LogP contribution in [0.1, 0.15) is 0 Å². The molecule has 2 nitrogen and oxygen atoms in total. The number of rotatable bonds is 8. The lowest BCUT2D eigenvalue weighted by molar-refractivity contribution is 0.657. The summed E-state index contributed by atoms with van der Waals surface area (Å²) < 4.78 is 13.5. The first-order valence-corrected chi connectivity index (χ1v) is 23.2. The molecular weight excluding hydrogens is 825 g/mol. The molecule has 0 spiro atoms. The van der Waals surface area contributed by atoms with Gasteiger partial charge < -0.3 is 8.83 Å². The van der Waals surface area contributed by atoms with Crippen molar-refractivity contribution in [3.8, 4) is 89.0 Å². The van der Waals surface area contributed by atoms with Crippen LogP contribution < -0.4 is 0 Å². The quantitative estimate of drug-likeness (QED) is 0.152. The van der Waals surface area contributed by atoms with Gasteiger partial charge in [0, 0.05) is 38.7 Å². The molecule has 0 saturated heterocycles. The Labute approximate surface area is 394 Å². The van der Waals surface area contributed by atoms with Crippen molar-refractivity contribution < 1.29 is 8.83 Å². The highest BCUT2D eigenvalue weighted by atomic mass is 16.3. The van der Waals surface area contributed by atoms with Crippen LogP contribution in [0.15, 0.2) is 264 Å². The van der Waals surface area contributed by atoms with E-state index in [1.807, 2.05) is 0 Å². The number of hydrogen-bond acceptors (Lipinski definition) is 2. The molecule has 318 valence electrons. The zero-order valence-electron chi connectivity index (χ0n) is 37.1. The summed E-state index contributed by atoms with van der Waals surface area (Å²) in [6, 6.07) is 91.2. The van der Waals surface area contributed by atoms with E-state index in [9.17, 15) is 0 Å². The van der Waals surface area contributed by atoms with Gasteiger partial charge >= 0.3 is 0 Å². The summed E-state index contributed by atoms with van der Waals surface area (Å²) >= 11 is 0. The summed E-state index contributed by atoms with van der Waals surface area (Å²) in [6.07, 6.45) is 0. The molecule has 2 aromatic heterocycles. The molecule has 2 heteroatoms. The van der Waals surface area contributed by atoms with Crippen molar-refractivity contribution >= 4 is 43.9 Å². The Bertz CT molecular complexity index is 3580. The van der Waals surface area contributed by atoms with E-state index in [-0.39, 0.29) is 0 Å². The van der Waals surface area contributed by atoms with Crippen LogP contribution in [0.2, 0.25) is 0 Å². The monoisotopic (exact) mass is 866 g/mol. The fraction of sp³-hybridized carbons (Fsp3) is 0. The third kappa shape index (κ3) is 7.08. The summed E-state index contributed by atoms with van der Waals surface area (Å²) in [5.41, 5.74) is 21.9. The van der Waals surface area contributed by atoms with E-state index in [1.165, 1.54) is 55.6 Å². The van der Waals surface area contributed by atoms with Crippen LogP contribution in [-0.4, -0.2) is 0 Å². The Morgan fingerprint density at radius 2 is 0.456 bits per heavy atom. The highest BCUT2D eigenvalue weighted by Crippen LogP contribution is 2.43. The van der Waals surface area contributed by atoms with E-state index in [0.717, 1.165) is 77.3 Å². The second kappa shape index (κ2) is 16.5. The highest BCUT2D eigenvalue weighted by molar-refractivity contribution is 6.18. The Kier molecular flexibility index (Phi) is 9.54. The smallest absolute Gasteiger partial charge is 0.143 e. The minimum atomic E-state index is 0.806. The molecule has 2 heterocycles. The predicted octanol–water partition coefficient (Wildman–Crippen LogP) is 18.8. The molecule has 68 heavy (non-hydrogen) atoms. The van der Waals surface area contributed by atoms with Crippen LogP contribution in [0.4, 0.5) is 0 Å². The van der Waals surface area contributed by atoms with Gasteiger partial charge in [0.15, 0.2) is 0 Å². The average Bonchev–Trinajstić information content (AvgIpc) is 3.98. The van der Waals surface area contributed by atoms with Gasteiger partial charge in [0.1, 0.15) is 22.3 Å². The van der Waals surface area contributed by atoms with E-state index < -0.39 is 0 Å². The SMILES string of the molecule is c1ccc(-c2cc(-c3ccccc3)cc(-c3ccc(-c4cccc5c4oc4cc6oc7c(-c8ccc(-c9cc(-c%10ccccc%10)cc(-c%10ccccc%10)c9)cc8)cccc7c6cc45)cc3)c2)cc1.